The fourth-order valence-electron chi connectivity index (χ4n) is 2.26. The van der Waals surface area contributed by atoms with Gasteiger partial charge < -0.3 is 0 Å². The topological polar surface area (TPSA) is 34.1 Å². The average Bonchev–Trinajstić information content (AvgIpc) is 2.80. The lowest BCUT2D eigenvalue weighted by molar-refractivity contribution is -0.132. The van der Waals surface area contributed by atoms with Crippen molar-refractivity contribution in [3.05, 3.63) is 20.9 Å². The number of carbonyl (C=O) groups is 2. The fraction of sp³-hybridized carbons (Fsp3) is 0.400. The lowest BCUT2D eigenvalue weighted by atomic mass is 9.79. The van der Waals surface area contributed by atoms with E-state index < -0.39 is 11.8 Å². The van der Waals surface area contributed by atoms with Crippen molar-refractivity contribution < 1.29 is 9.59 Å². The molecule has 4 atom stereocenters. The number of ketones is 2. The molecule has 1 saturated carbocycles. The Morgan fingerprint density at radius 3 is 1.62 bits per heavy atom. The van der Waals surface area contributed by atoms with Gasteiger partial charge in [0.05, 0.1) is 22.3 Å². The maximum absolute atomic E-state index is 12.2. The lowest BCUT2D eigenvalue weighted by Gasteiger charge is -2.31. The molecule has 1 aliphatic carbocycles. The van der Waals surface area contributed by atoms with Crippen LogP contribution in [0.1, 0.15) is 0 Å². The number of hydrogen-bond acceptors (Lipinski definition) is 4. The highest BCUT2D eigenvalue weighted by Crippen LogP contribution is 2.51. The molecular weight excluding hydrogens is 287 g/mol. The smallest absolute Gasteiger partial charge is 0.157 e. The summed E-state index contributed by atoms with van der Waals surface area (Å²) in [4.78, 5) is 24.4. The minimum Gasteiger partial charge on any atom is -0.298 e. The van der Waals surface area contributed by atoms with E-state index in [-0.39, 0.29) is 22.1 Å². The second kappa shape index (κ2) is 3.80. The molecule has 0 aromatic heterocycles. The van der Waals surface area contributed by atoms with Crippen molar-refractivity contribution in [2.45, 2.75) is 10.5 Å². The highest BCUT2D eigenvalue weighted by atomic mass is 35.5. The third kappa shape index (κ3) is 1.37. The molecule has 4 unspecified atom stereocenters. The van der Waals surface area contributed by atoms with Crippen molar-refractivity contribution in [3.63, 3.8) is 0 Å². The van der Waals surface area contributed by atoms with Gasteiger partial charge in [0.2, 0.25) is 0 Å². The molecule has 2 nitrogen and oxygen atoms in total. The number of halogens is 2. The van der Waals surface area contributed by atoms with Crippen molar-refractivity contribution in [2.24, 2.45) is 11.8 Å². The molecule has 0 bridgehead atoms. The molecule has 0 aromatic rings. The van der Waals surface area contributed by atoms with Gasteiger partial charge in [-0.2, -0.15) is 0 Å². The van der Waals surface area contributed by atoms with Gasteiger partial charge in [0.1, 0.15) is 0 Å². The van der Waals surface area contributed by atoms with E-state index in [1.165, 1.54) is 23.5 Å². The van der Waals surface area contributed by atoms with E-state index in [0.717, 1.165) is 0 Å². The van der Waals surface area contributed by atoms with Crippen LogP contribution in [0.3, 0.4) is 0 Å². The van der Waals surface area contributed by atoms with Crippen molar-refractivity contribution >= 4 is 58.3 Å². The van der Waals surface area contributed by atoms with Crippen LogP contribution in [-0.2, 0) is 9.59 Å². The predicted molar refractivity (Wildman–Crippen MR) is 67.6 cm³/mol. The Kier molecular flexibility index (Phi) is 2.66. The van der Waals surface area contributed by atoms with Gasteiger partial charge in [-0.25, -0.2) is 0 Å². The summed E-state index contributed by atoms with van der Waals surface area (Å²) in [5.41, 5.74) is 0. The number of allylic oxidation sites excluding steroid dienone is 2. The molecule has 1 fully saturated rings. The number of rotatable bonds is 0. The molecule has 2 heterocycles. The van der Waals surface area contributed by atoms with Gasteiger partial charge in [-0.3, -0.25) is 9.59 Å². The molecule has 84 valence electrons. The maximum atomic E-state index is 12.2. The van der Waals surface area contributed by atoms with Gasteiger partial charge >= 0.3 is 0 Å². The van der Waals surface area contributed by atoms with E-state index in [4.69, 9.17) is 23.2 Å². The molecule has 0 saturated heterocycles. The first-order valence-electron chi connectivity index (χ1n) is 4.71. The third-order valence-corrected chi connectivity index (χ3v) is 6.35. The average molecular weight is 293 g/mol. The lowest BCUT2D eigenvalue weighted by Crippen LogP contribution is -2.48. The fourth-order valence-corrected chi connectivity index (χ4v) is 5.47. The van der Waals surface area contributed by atoms with Crippen molar-refractivity contribution in [1.29, 1.82) is 0 Å². The van der Waals surface area contributed by atoms with Crippen LogP contribution in [0.5, 0.6) is 0 Å². The molecular formula is C10H6Cl2O2S2. The molecule has 0 spiro atoms. The second-order valence-electron chi connectivity index (χ2n) is 3.88. The van der Waals surface area contributed by atoms with Crippen LogP contribution in [0.15, 0.2) is 20.9 Å². The van der Waals surface area contributed by atoms with Crippen LogP contribution < -0.4 is 0 Å². The summed E-state index contributed by atoms with van der Waals surface area (Å²) in [5, 5.41) is 3.68. The minimum atomic E-state index is -0.441. The SMILES string of the molecule is O=C1C2SC=C(Cl)C2C(=O)C2SC=C(Cl)C12. The van der Waals surface area contributed by atoms with Gasteiger partial charge in [0.25, 0.3) is 0 Å². The Morgan fingerprint density at radius 1 is 0.875 bits per heavy atom. The summed E-state index contributed by atoms with van der Waals surface area (Å²) in [7, 11) is 0. The number of thioether (sulfide) groups is 2. The normalized spacial score (nSPS) is 41.6. The van der Waals surface area contributed by atoms with Gasteiger partial charge in [0.15, 0.2) is 11.6 Å². The van der Waals surface area contributed by atoms with E-state index in [9.17, 15) is 9.59 Å². The Morgan fingerprint density at radius 2 is 1.25 bits per heavy atom. The summed E-state index contributed by atoms with van der Waals surface area (Å²) in [6.07, 6.45) is 0. The van der Waals surface area contributed by atoms with E-state index in [0.29, 0.717) is 10.1 Å². The molecule has 2 aliphatic heterocycles. The first-order chi connectivity index (χ1) is 7.61. The van der Waals surface area contributed by atoms with Crippen LogP contribution in [0.2, 0.25) is 0 Å². The third-order valence-electron chi connectivity index (χ3n) is 3.03. The standard InChI is InChI=1S/C10H6Cl2O2S2/c11-3-1-15-9-5(3)7(13)10-6(8(9)14)4(12)2-16-10/h1-2,5-6,9-10H. The quantitative estimate of drug-likeness (QED) is 0.688. The van der Waals surface area contributed by atoms with Crippen molar-refractivity contribution in [1.82, 2.24) is 0 Å². The van der Waals surface area contributed by atoms with E-state index in [1.807, 2.05) is 0 Å². The Labute approximate surface area is 111 Å². The van der Waals surface area contributed by atoms with Crippen LogP contribution in [0, 0.1) is 11.8 Å². The molecule has 0 amide bonds. The van der Waals surface area contributed by atoms with Gasteiger partial charge in [0, 0.05) is 10.1 Å². The van der Waals surface area contributed by atoms with Crippen LogP contribution in [-0.4, -0.2) is 22.1 Å². The van der Waals surface area contributed by atoms with E-state index in [2.05, 4.69) is 0 Å². The van der Waals surface area contributed by atoms with Gasteiger partial charge in [-0.1, -0.05) is 23.2 Å². The zero-order chi connectivity index (χ0) is 11.4. The first-order valence-corrected chi connectivity index (χ1v) is 7.35. The monoisotopic (exact) mass is 292 g/mol. The van der Waals surface area contributed by atoms with E-state index >= 15 is 0 Å². The molecule has 0 N–H and O–H groups in total. The zero-order valence-electron chi connectivity index (χ0n) is 7.85. The molecule has 0 aromatic carbocycles. The number of hydrogen-bond donors (Lipinski definition) is 0. The molecule has 16 heavy (non-hydrogen) atoms. The number of carbonyl (C=O) groups excluding carboxylic acids is 2. The van der Waals surface area contributed by atoms with Crippen LogP contribution >= 0.6 is 46.7 Å². The molecule has 0 radical (unpaired) electrons. The highest BCUT2D eigenvalue weighted by Gasteiger charge is 2.55. The summed E-state index contributed by atoms with van der Waals surface area (Å²) in [5.74, 6) is -0.803. The number of Topliss-reactive ketones (excluding diaryl/α,β-unsaturated/α-hetero) is 2. The van der Waals surface area contributed by atoms with Crippen molar-refractivity contribution in [2.75, 3.05) is 0 Å². The summed E-state index contributed by atoms with van der Waals surface area (Å²) in [6, 6.07) is 0. The second-order valence-corrected chi connectivity index (χ2v) is 6.78. The number of fused-ring (bicyclic) bond motifs is 2. The summed E-state index contributed by atoms with van der Waals surface area (Å²) in [6.45, 7) is 0. The molecule has 3 aliphatic rings. The Hall–Kier alpha value is 0.1000. The Balaban J connectivity index is 2.02. The minimum absolute atomic E-state index is 0.0396. The van der Waals surface area contributed by atoms with E-state index in [1.54, 1.807) is 10.8 Å². The summed E-state index contributed by atoms with van der Waals surface area (Å²) >= 11 is 14.6. The van der Waals surface area contributed by atoms with Crippen LogP contribution in [0.25, 0.3) is 0 Å². The van der Waals surface area contributed by atoms with Crippen LogP contribution in [0.4, 0.5) is 0 Å². The van der Waals surface area contributed by atoms with Crippen molar-refractivity contribution in [3.8, 4) is 0 Å². The molecule has 3 rings (SSSR count). The Bertz CT molecular complexity index is 416. The molecule has 6 heteroatoms. The highest BCUT2D eigenvalue weighted by molar-refractivity contribution is 8.04. The van der Waals surface area contributed by atoms with Gasteiger partial charge in [-0.05, 0) is 10.8 Å². The summed E-state index contributed by atoms with van der Waals surface area (Å²) < 4.78 is 0. The largest absolute Gasteiger partial charge is 0.298 e. The van der Waals surface area contributed by atoms with Gasteiger partial charge in [-0.15, -0.1) is 23.5 Å². The predicted octanol–water partition coefficient (Wildman–Crippen LogP) is 2.76. The maximum Gasteiger partial charge on any atom is 0.157 e. The zero-order valence-corrected chi connectivity index (χ0v) is 11.0. The first kappa shape index (κ1) is 11.2.